The molecule has 4 rings (SSSR count). The largest absolute Gasteiger partial charge is 0.494 e. The van der Waals surface area contributed by atoms with E-state index < -0.39 is 5.97 Å². The third-order valence-electron chi connectivity index (χ3n) is 6.21. The topological polar surface area (TPSA) is 61.8 Å². The summed E-state index contributed by atoms with van der Waals surface area (Å²) in [4.78, 5) is 14.0. The van der Waals surface area contributed by atoms with Crippen LogP contribution in [-0.4, -0.2) is 17.7 Å². The number of anilines is 3. The van der Waals surface area contributed by atoms with Crippen LogP contribution >= 0.6 is 23.2 Å². The van der Waals surface area contributed by atoms with Crippen molar-refractivity contribution < 1.29 is 14.6 Å². The number of carbonyl (C=O) groups is 1. The van der Waals surface area contributed by atoms with Gasteiger partial charge in [-0.15, -0.1) is 0 Å². The number of carboxylic acid groups (broad SMARTS) is 1. The van der Waals surface area contributed by atoms with E-state index in [-0.39, 0.29) is 5.56 Å². The highest BCUT2D eigenvalue weighted by Gasteiger charge is 2.21. The SMILES string of the molecule is CCCCCCCOc1ccc(C(=O)O)c(Nc2ccc3c(c2)CN(c2ccc(Cl)c(Cl)c2)C3)c1. The highest BCUT2D eigenvalue weighted by molar-refractivity contribution is 6.42. The molecule has 1 aliphatic rings. The normalized spacial score (nSPS) is 12.5. The fourth-order valence-corrected chi connectivity index (χ4v) is 4.58. The minimum Gasteiger partial charge on any atom is -0.494 e. The molecule has 184 valence electrons. The van der Waals surface area contributed by atoms with Gasteiger partial charge in [0.2, 0.25) is 0 Å². The van der Waals surface area contributed by atoms with E-state index in [0.29, 0.717) is 28.1 Å². The van der Waals surface area contributed by atoms with Gasteiger partial charge in [0.15, 0.2) is 0 Å². The van der Waals surface area contributed by atoms with Gasteiger partial charge < -0.3 is 20.1 Å². The molecule has 0 unspecified atom stereocenters. The van der Waals surface area contributed by atoms with E-state index >= 15 is 0 Å². The molecule has 0 amide bonds. The van der Waals surface area contributed by atoms with Gasteiger partial charge in [-0.2, -0.15) is 0 Å². The number of nitrogens with one attached hydrogen (secondary N) is 1. The summed E-state index contributed by atoms with van der Waals surface area (Å²) in [6.45, 7) is 4.33. The van der Waals surface area contributed by atoms with Crippen molar-refractivity contribution in [3.8, 4) is 5.75 Å². The Balaban J connectivity index is 1.45. The van der Waals surface area contributed by atoms with Gasteiger partial charge in [0.05, 0.1) is 27.9 Å². The molecule has 5 nitrogen and oxygen atoms in total. The van der Waals surface area contributed by atoms with E-state index in [1.54, 1.807) is 18.2 Å². The van der Waals surface area contributed by atoms with E-state index in [0.717, 1.165) is 37.3 Å². The highest BCUT2D eigenvalue weighted by atomic mass is 35.5. The van der Waals surface area contributed by atoms with Crippen LogP contribution in [-0.2, 0) is 13.1 Å². The minimum absolute atomic E-state index is 0.207. The Morgan fingerprint density at radius 1 is 0.943 bits per heavy atom. The Hall–Kier alpha value is -2.89. The maximum atomic E-state index is 11.8. The number of aromatic carboxylic acids is 1. The van der Waals surface area contributed by atoms with E-state index in [1.165, 1.54) is 30.4 Å². The van der Waals surface area contributed by atoms with Gasteiger partial charge in [-0.05, 0) is 60.0 Å². The highest BCUT2D eigenvalue weighted by Crippen LogP contribution is 2.34. The molecule has 0 bridgehead atoms. The van der Waals surface area contributed by atoms with E-state index in [4.69, 9.17) is 27.9 Å². The van der Waals surface area contributed by atoms with Crippen molar-refractivity contribution >= 4 is 46.2 Å². The molecule has 3 aromatic carbocycles. The summed E-state index contributed by atoms with van der Waals surface area (Å²) in [5.74, 6) is -0.314. The lowest BCUT2D eigenvalue weighted by Crippen LogP contribution is -2.14. The first kappa shape index (κ1) is 25.2. The van der Waals surface area contributed by atoms with Gasteiger partial charge in [-0.25, -0.2) is 4.79 Å². The standard InChI is InChI=1S/C28H30Cl2N2O3/c1-2-3-4-5-6-13-35-23-10-11-24(28(33)34)27(16-23)31-21-8-7-19-17-32(18-20(19)14-21)22-9-12-25(29)26(30)15-22/h7-12,14-16,31H,2-6,13,17-18H2,1H3,(H,33,34). The second kappa shape index (κ2) is 11.7. The van der Waals surface area contributed by atoms with Crippen LogP contribution in [0.4, 0.5) is 17.1 Å². The van der Waals surface area contributed by atoms with E-state index in [1.807, 2.05) is 24.3 Å². The number of fused-ring (bicyclic) bond motifs is 1. The van der Waals surface area contributed by atoms with Gasteiger partial charge in [0.1, 0.15) is 5.75 Å². The van der Waals surface area contributed by atoms with Gasteiger partial charge in [-0.3, -0.25) is 0 Å². The smallest absolute Gasteiger partial charge is 0.337 e. The van der Waals surface area contributed by atoms with Crippen LogP contribution in [0, 0.1) is 0 Å². The summed E-state index contributed by atoms with van der Waals surface area (Å²) in [7, 11) is 0. The number of hydrogen-bond acceptors (Lipinski definition) is 4. The number of halogens is 2. The molecular weight excluding hydrogens is 483 g/mol. The number of carboxylic acids is 1. The maximum absolute atomic E-state index is 11.8. The zero-order chi connectivity index (χ0) is 24.8. The van der Waals surface area contributed by atoms with Crippen molar-refractivity contribution in [3.63, 3.8) is 0 Å². The summed E-state index contributed by atoms with van der Waals surface area (Å²) < 4.78 is 5.89. The Kier molecular flexibility index (Phi) is 8.42. The molecule has 1 aliphatic heterocycles. The van der Waals surface area contributed by atoms with Crippen molar-refractivity contribution in [2.24, 2.45) is 0 Å². The average molecular weight is 513 g/mol. The average Bonchev–Trinajstić information content (AvgIpc) is 3.26. The van der Waals surface area contributed by atoms with Gasteiger partial charge in [-0.1, -0.05) is 61.9 Å². The van der Waals surface area contributed by atoms with Crippen LogP contribution in [0.15, 0.2) is 54.6 Å². The molecule has 0 spiro atoms. The monoisotopic (exact) mass is 512 g/mol. The molecular formula is C28H30Cl2N2O3. The van der Waals surface area contributed by atoms with Gasteiger partial charge >= 0.3 is 5.97 Å². The van der Waals surface area contributed by atoms with Gasteiger partial charge in [0, 0.05) is 30.5 Å². The Morgan fingerprint density at radius 2 is 1.74 bits per heavy atom. The number of nitrogens with zero attached hydrogens (tertiary/aromatic N) is 1. The van der Waals surface area contributed by atoms with E-state index in [9.17, 15) is 9.90 Å². The number of benzene rings is 3. The molecule has 0 saturated heterocycles. The Bertz CT molecular complexity index is 1200. The van der Waals surface area contributed by atoms with Crippen LogP contribution in [0.25, 0.3) is 0 Å². The first-order valence-corrected chi connectivity index (χ1v) is 12.8. The van der Waals surface area contributed by atoms with Crippen LogP contribution in [0.2, 0.25) is 10.0 Å². The first-order chi connectivity index (χ1) is 16.9. The number of rotatable bonds is 11. The molecule has 7 heteroatoms. The second-order valence-corrected chi connectivity index (χ2v) is 9.65. The summed E-state index contributed by atoms with van der Waals surface area (Å²) in [6.07, 6.45) is 5.80. The zero-order valence-electron chi connectivity index (χ0n) is 19.8. The third kappa shape index (κ3) is 6.41. The molecule has 0 fully saturated rings. The molecule has 3 aromatic rings. The number of hydrogen-bond donors (Lipinski definition) is 2. The molecule has 1 heterocycles. The van der Waals surface area contributed by atoms with Crippen molar-refractivity contribution in [1.29, 1.82) is 0 Å². The lowest BCUT2D eigenvalue weighted by molar-refractivity contribution is 0.0698. The Labute approximate surface area is 216 Å². The van der Waals surface area contributed by atoms with E-state index in [2.05, 4.69) is 29.3 Å². The van der Waals surface area contributed by atoms with Crippen molar-refractivity contribution in [3.05, 3.63) is 81.3 Å². The van der Waals surface area contributed by atoms with Crippen LogP contribution < -0.4 is 15.0 Å². The number of unbranched alkanes of at least 4 members (excludes halogenated alkanes) is 4. The quantitative estimate of drug-likeness (QED) is 0.253. The second-order valence-electron chi connectivity index (χ2n) is 8.84. The lowest BCUT2D eigenvalue weighted by Gasteiger charge is -2.18. The lowest BCUT2D eigenvalue weighted by atomic mass is 10.1. The molecule has 0 aromatic heterocycles. The van der Waals surface area contributed by atoms with Gasteiger partial charge in [0.25, 0.3) is 0 Å². The zero-order valence-corrected chi connectivity index (χ0v) is 21.3. The fourth-order valence-electron chi connectivity index (χ4n) is 4.29. The third-order valence-corrected chi connectivity index (χ3v) is 6.95. The summed E-state index contributed by atoms with van der Waals surface area (Å²) in [5, 5.41) is 14.0. The fraction of sp³-hybridized carbons (Fsp3) is 0.321. The molecule has 2 N–H and O–H groups in total. The first-order valence-electron chi connectivity index (χ1n) is 12.0. The minimum atomic E-state index is -0.981. The van der Waals surface area contributed by atoms with Crippen LogP contribution in [0.1, 0.15) is 60.5 Å². The molecule has 0 saturated carbocycles. The van der Waals surface area contributed by atoms with Crippen molar-refractivity contribution in [2.75, 3.05) is 16.8 Å². The summed E-state index contributed by atoms with van der Waals surface area (Å²) in [5.41, 5.74) is 4.97. The summed E-state index contributed by atoms with van der Waals surface area (Å²) in [6, 6.07) is 16.9. The van der Waals surface area contributed by atoms with Crippen molar-refractivity contribution in [1.82, 2.24) is 0 Å². The van der Waals surface area contributed by atoms with Crippen LogP contribution in [0.5, 0.6) is 5.75 Å². The Morgan fingerprint density at radius 3 is 2.51 bits per heavy atom. The maximum Gasteiger partial charge on any atom is 0.337 e. The molecule has 0 atom stereocenters. The summed E-state index contributed by atoms with van der Waals surface area (Å²) >= 11 is 12.3. The number of ether oxygens (including phenoxy) is 1. The predicted molar refractivity (Wildman–Crippen MR) is 144 cm³/mol. The van der Waals surface area contributed by atoms with Crippen LogP contribution in [0.3, 0.4) is 0 Å². The van der Waals surface area contributed by atoms with Crippen molar-refractivity contribution in [2.45, 2.75) is 52.1 Å². The predicted octanol–water partition coefficient (Wildman–Crippen LogP) is 8.30. The molecule has 35 heavy (non-hydrogen) atoms. The molecule has 0 aliphatic carbocycles. The molecule has 0 radical (unpaired) electrons.